The molecule has 150 valence electrons. The summed E-state index contributed by atoms with van der Waals surface area (Å²) in [5.74, 6) is 0.756. The first-order valence-corrected chi connectivity index (χ1v) is 11.2. The Kier molecular flexibility index (Phi) is 5.90. The standard InChI is InChI=1S/C21H27N3O3S/c25-19-13-28-18-7-6-15(12-17(18)23-19)21(27)24-10-8-16(9-11-24)22-20(26)14-4-2-1-3-5-14/h6-7,12,14,16H,1-5,8-11,13H2,(H,22,26)(H,23,25). The van der Waals surface area contributed by atoms with Gasteiger partial charge in [0.2, 0.25) is 11.8 Å². The lowest BCUT2D eigenvalue weighted by atomic mass is 9.88. The molecule has 1 saturated carbocycles. The first-order valence-electron chi connectivity index (χ1n) is 10.3. The van der Waals surface area contributed by atoms with Gasteiger partial charge in [0, 0.05) is 35.5 Å². The Morgan fingerprint density at radius 3 is 2.57 bits per heavy atom. The molecule has 2 heterocycles. The Bertz CT molecular complexity index is 768. The van der Waals surface area contributed by atoms with Gasteiger partial charge < -0.3 is 15.5 Å². The van der Waals surface area contributed by atoms with E-state index >= 15 is 0 Å². The Morgan fingerprint density at radius 2 is 1.82 bits per heavy atom. The highest BCUT2D eigenvalue weighted by Gasteiger charge is 2.28. The molecule has 0 unspecified atom stereocenters. The number of benzene rings is 1. The normalized spacial score (nSPS) is 21.0. The van der Waals surface area contributed by atoms with Gasteiger partial charge in [0.1, 0.15) is 0 Å². The van der Waals surface area contributed by atoms with Crippen LogP contribution in [0, 0.1) is 5.92 Å². The monoisotopic (exact) mass is 401 g/mol. The van der Waals surface area contributed by atoms with Crippen molar-refractivity contribution in [1.82, 2.24) is 10.2 Å². The van der Waals surface area contributed by atoms with Crippen LogP contribution in [0.5, 0.6) is 0 Å². The molecule has 0 aromatic heterocycles. The number of nitrogens with one attached hydrogen (secondary N) is 2. The third-order valence-corrected chi connectivity index (χ3v) is 7.04. The van der Waals surface area contributed by atoms with E-state index < -0.39 is 0 Å². The molecule has 7 heteroatoms. The second kappa shape index (κ2) is 8.55. The number of nitrogens with zero attached hydrogens (tertiary/aromatic N) is 1. The molecule has 2 fully saturated rings. The molecule has 0 radical (unpaired) electrons. The van der Waals surface area contributed by atoms with Crippen molar-refractivity contribution in [3.63, 3.8) is 0 Å². The van der Waals surface area contributed by atoms with Crippen molar-refractivity contribution in [3.05, 3.63) is 23.8 Å². The molecule has 28 heavy (non-hydrogen) atoms. The second-order valence-corrected chi connectivity index (χ2v) is 8.97. The Balaban J connectivity index is 1.31. The zero-order valence-electron chi connectivity index (χ0n) is 16.0. The number of amides is 3. The van der Waals surface area contributed by atoms with E-state index in [-0.39, 0.29) is 29.7 Å². The third kappa shape index (κ3) is 4.35. The number of likely N-dealkylation sites (tertiary alicyclic amines) is 1. The van der Waals surface area contributed by atoms with Gasteiger partial charge in [0.15, 0.2) is 0 Å². The summed E-state index contributed by atoms with van der Waals surface area (Å²) in [6, 6.07) is 5.68. The van der Waals surface area contributed by atoms with Crippen molar-refractivity contribution in [2.75, 3.05) is 24.2 Å². The van der Waals surface area contributed by atoms with Crippen LogP contribution in [0.25, 0.3) is 0 Å². The summed E-state index contributed by atoms with van der Waals surface area (Å²) >= 11 is 1.49. The number of thioether (sulfide) groups is 1. The summed E-state index contributed by atoms with van der Waals surface area (Å²) in [7, 11) is 0. The SMILES string of the molecule is O=C1CSc2ccc(C(=O)N3CCC(NC(=O)C4CCCCC4)CC3)cc2N1. The molecule has 0 spiro atoms. The first kappa shape index (κ1) is 19.3. The lowest BCUT2D eigenvalue weighted by molar-refractivity contribution is -0.127. The van der Waals surface area contributed by atoms with E-state index in [1.54, 1.807) is 6.07 Å². The number of anilines is 1. The summed E-state index contributed by atoms with van der Waals surface area (Å²) in [6.45, 7) is 1.29. The first-order chi connectivity index (χ1) is 13.6. The van der Waals surface area contributed by atoms with Gasteiger partial charge >= 0.3 is 0 Å². The van der Waals surface area contributed by atoms with E-state index in [1.807, 2.05) is 17.0 Å². The zero-order valence-corrected chi connectivity index (χ0v) is 16.9. The van der Waals surface area contributed by atoms with Crippen molar-refractivity contribution in [2.45, 2.75) is 55.9 Å². The minimum Gasteiger partial charge on any atom is -0.353 e. The van der Waals surface area contributed by atoms with Gasteiger partial charge in [-0.1, -0.05) is 19.3 Å². The number of piperidine rings is 1. The molecule has 1 aromatic carbocycles. The molecule has 3 amide bonds. The van der Waals surface area contributed by atoms with Gasteiger partial charge in [-0.05, 0) is 43.9 Å². The predicted molar refractivity (Wildman–Crippen MR) is 109 cm³/mol. The summed E-state index contributed by atoms with van der Waals surface area (Å²) in [5.41, 5.74) is 1.33. The molecular weight excluding hydrogens is 374 g/mol. The topological polar surface area (TPSA) is 78.5 Å². The molecule has 2 N–H and O–H groups in total. The van der Waals surface area contributed by atoms with Crippen LogP contribution in [0.4, 0.5) is 5.69 Å². The number of fused-ring (bicyclic) bond motifs is 1. The number of hydrogen-bond acceptors (Lipinski definition) is 4. The molecule has 0 bridgehead atoms. The highest BCUT2D eigenvalue weighted by molar-refractivity contribution is 8.00. The number of carbonyl (C=O) groups is 3. The number of carbonyl (C=O) groups excluding carboxylic acids is 3. The molecule has 6 nitrogen and oxygen atoms in total. The summed E-state index contributed by atoms with van der Waals surface area (Å²) in [5, 5.41) is 6.05. The van der Waals surface area contributed by atoms with Crippen LogP contribution in [-0.2, 0) is 9.59 Å². The molecule has 1 saturated heterocycles. The fourth-order valence-corrected chi connectivity index (χ4v) is 5.10. The van der Waals surface area contributed by atoms with E-state index in [0.29, 0.717) is 24.4 Å². The molecule has 2 aliphatic heterocycles. The van der Waals surface area contributed by atoms with Crippen molar-refractivity contribution in [3.8, 4) is 0 Å². The van der Waals surface area contributed by atoms with Crippen LogP contribution in [-0.4, -0.2) is 47.5 Å². The van der Waals surface area contributed by atoms with Crippen molar-refractivity contribution in [2.24, 2.45) is 5.92 Å². The molecular formula is C21H27N3O3S. The van der Waals surface area contributed by atoms with E-state index in [0.717, 1.165) is 49.1 Å². The van der Waals surface area contributed by atoms with E-state index in [9.17, 15) is 14.4 Å². The maximum absolute atomic E-state index is 12.9. The van der Waals surface area contributed by atoms with Crippen LogP contribution in [0.2, 0.25) is 0 Å². The number of rotatable bonds is 3. The predicted octanol–water partition coefficient (Wildman–Crippen LogP) is 3.03. The van der Waals surface area contributed by atoms with Gasteiger partial charge in [0.25, 0.3) is 5.91 Å². The Labute approximate surface area is 169 Å². The highest BCUT2D eigenvalue weighted by atomic mass is 32.2. The lowest BCUT2D eigenvalue weighted by Crippen LogP contribution is -2.48. The van der Waals surface area contributed by atoms with Gasteiger partial charge in [-0.25, -0.2) is 0 Å². The Hall–Kier alpha value is -2.02. The van der Waals surface area contributed by atoms with E-state index in [1.165, 1.54) is 18.2 Å². The fourth-order valence-electron chi connectivity index (χ4n) is 4.31. The fraction of sp³-hybridized carbons (Fsp3) is 0.571. The molecule has 4 rings (SSSR count). The second-order valence-electron chi connectivity index (χ2n) is 7.96. The van der Waals surface area contributed by atoms with Gasteiger partial charge in [-0.15, -0.1) is 11.8 Å². The van der Waals surface area contributed by atoms with Crippen LogP contribution >= 0.6 is 11.8 Å². The van der Waals surface area contributed by atoms with E-state index in [4.69, 9.17) is 0 Å². The smallest absolute Gasteiger partial charge is 0.253 e. The van der Waals surface area contributed by atoms with Gasteiger partial charge in [0.05, 0.1) is 11.4 Å². The highest BCUT2D eigenvalue weighted by Crippen LogP contribution is 2.32. The van der Waals surface area contributed by atoms with Crippen molar-refractivity contribution >= 4 is 35.2 Å². The van der Waals surface area contributed by atoms with Crippen LogP contribution in [0.1, 0.15) is 55.3 Å². The van der Waals surface area contributed by atoms with Crippen LogP contribution < -0.4 is 10.6 Å². The average Bonchev–Trinajstić information content (AvgIpc) is 2.74. The summed E-state index contributed by atoms with van der Waals surface area (Å²) in [4.78, 5) is 39.7. The van der Waals surface area contributed by atoms with E-state index in [2.05, 4.69) is 10.6 Å². The minimum atomic E-state index is -0.0309. The zero-order chi connectivity index (χ0) is 19.5. The third-order valence-electron chi connectivity index (χ3n) is 5.96. The molecule has 1 aromatic rings. The summed E-state index contributed by atoms with van der Waals surface area (Å²) in [6.07, 6.45) is 7.17. The van der Waals surface area contributed by atoms with Gasteiger partial charge in [-0.3, -0.25) is 14.4 Å². The maximum atomic E-state index is 12.9. The van der Waals surface area contributed by atoms with Crippen LogP contribution in [0.15, 0.2) is 23.1 Å². The van der Waals surface area contributed by atoms with Gasteiger partial charge in [-0.2, -0.15) is 0 Å². The molecule has 0 atom stereocenters. The largest absolute Gasteiger partial charge is 0.353 e. The maximum Gasteiger partial charge on any atom is 0.253 e. The quantitative estimate of drug-likeness (QED) is 0.816. The van der Waals surface area contributed by atoms with Crippen molar-refractivity contribution in [1.29, 1.82) is 0 Å². The molecule has 3 aliphatic rings. The van der Waals surface area contributed by atoms with Crippen molar-refractivity contribution < 1.29 is 14.4 Å². The Morgan fingerprint density at radius 1 is 1.07 bits per heavy atom. The number of hydrogen-bond donors (Lipinski definition) is 2. The molecule has 1 aliphatic carbocycles. The minimum absolute atomic E-state index is 0.00956. The lowest BCUT2D eigenvalue weighted by Gasteiger charge is -2.33. The van der Waals surface area contributed by atoms with Crippen LogP contribution in [0.3, 0.4) is 0 Å². The average molecular weight is 402 g/mol. The summed E-state index contributed by atoms with van der Waals surface area (Å²) < 4.78 is 0.